The first kappa shape index (κ1) is 52.5. The van der Waals surface area contributed by atoms with Crippen LogP contribution in [-0.2, 0) is 32.7 Å². The molecule has 10 heteroatoms. The molecule has 0 aromatic heterocycles. The van der Waals surface area contributed by atoms with Gasteiger partial charge in [-0.1, -0.05) is 167 Å². The Hall–Kier alpha value is -1.51. The lowest BCUT2D eigenvalue weighted by Crippen LogP contribution is -2.37. The molecule has 0 bridgehead atoms. The molecule has 0 spiro atoms. The monoisotopic (exact) mass is 786 g/mol. The first-order valence-electron chi connectivity index (χ1n) is 22.1. The Labute approximate surface area is 332 Å². The summed E-state index contributed by atoms with van der Waals surface area (Å²) in [6.45, 7) is 4.20. The molecule has 0 fully saturated rings. The molecule has 1 unspecified atom stereocenters. The molecule has 318 valence electrons. The van der Waals surface area contributed by atoms with Gasteiger partial charge in [0.2, 0.25) is 0 Å². The van der Waals surface area contributed by atoms with Crippen molar-refractivity contribution in [1.82, 2.24) is 0 Å². The minimum absolute atomic E-state index is 0.0322. The molecule has 0 heterocycles. The van der Waals surface area contributed by atoms with Gasteiger partial charge in [-0.05, 0) is 38.5 Å². The van der Waals surface area contributed by atoms with Crippen LogP contribution >= 0.6 is 7.82 Å². The fourth-order valence-electron chi connectivity index (χ4n) is 6.00. The van der Waals surface area contributed by atoms with E-state index in [1.165, 1.54) is 103 Å². The number of hydrogen-bond acceptors (Lipinski definition) is 8. The van der Waals surface area contributed by atoms with Gasteiger partial charge in [-0.15, -0.1) is 0 Å². The number of carbonyl (C=O) groups excluding carboxylic acids is 2. The molecule has 0 amide bonds. The molecule has 54 heavy (non-hydrogen) atoms. The van der Waals surface area contributed by atoms with Crippen molar-refractivity contribution in [3.8, 4) is 0 Å². The van der Waals surface area contributed by atoms with Crippen molar-refractivity contribution in [2.45, 2.75) is 200 Å². The second-order valence-corrected chi connectivity index (χ2v) is 17.5. The van der Waals surface area contributed by atoms with Crippen LogP contribution in [0.3, 0.4) is 0 Å². The molecule has 0 aliphatic heterocycles. The van der Waals surface area contributed by atoms with Gasteiger partial charge in [-0.3, -0.25) is 14.2 Å². The normalized spacial score (nSPS) is 13.8. The number of allylic oxidation sites excluding steroid dienone is 4. The van der Waals surface area contributed by atoms with Crippen molar-refractivity contribution in [3.05, 3.63) is 24.3 Å². The summed E-state index contributed by atoms with van der Waals surface area (Å²) in [5.74, 6) is -0.846. The topological polar surface area (TPSA) is 111 Å². The molecular weight excluding hydrogens is 701 g/mol. The molecule has 0 aromatic rings. The van der Waals surface area contributed by atoms with Gasteiger partial charge in [0.25, 0.3) is 7.82 Å². The lowest BCUT2D eigenvalue weighted by molar-refractivity contribution is -0.870. The Morgan fingerprint density at radius 2 is 0.981 bits per heavy atom. The average molecular weight is 786 g/mol. The van der Waals surface area contributed by atoms with E-state index in [2.05, 4.69) is 38.2 Å². The summed E-state index contributed by atoms with van der Waals surface area (Å²) in [5, 5.41) is 0. The van der Waals surface area contributed by atoms with Crippen molar-refractivity contribution in [2.75, 3.05) is 47.5 Å². The lowest BCUT2D eigenvalue weighted by Gasteiger charge is -2.28. The summed E-state index contributed by atoms with van der Waals surface area (Å²) in [4.78, 5) is 37.5. The third-order valence-corrected chi connectivity index (χ3v) is 10.5. The number of rotatable bonds is 40. The second-order valence-electron chi connectivity index (χ2n) is 16.1. The van der Waals surface area contributed by atoms with Crippen LogP contribution in [-0.4, -0.2) is 70.0 Å². The fraction of sp³-hybridized carbons (Fsp3) is 0.864. The maximum atomic E-state index is 12.7. The SMILES string of the molecule is CCCCCC/C=C/C=C/CCCCCCCC(=O)O[C@H](COC(=O)CCCCCCCCCCCCCCCCC)COP(=O)([O-])OCC[N+](C)(C)C. The fourth-order valence-corrected chi connectivity index (χ4v) is 6.73. The average Bonchev–Trinajstić information content (AvgIpc) is 3.12. The molecule has 0 aromatic carbocycles. The molecule has 0 radical (unpaired) electrons. The van der Waals surface area contributed by atoms with Gasteiger partial charge in [-0.25, -0.2) is 0 Å². The summed E-state index contributed by atoms with van der Waals surface area (Å²) in [6.07, 6.45) is 39.1. The molecule has 0 aliphatic rings. The van der Waals surface area contributed by atoms with Crippen LogP contribution in [0.1, 0.15) is 194 Å². The van der Waals surface area contributed by atoms with Gasteiger partial charge >= 0.3 is 11.9 Å². The number of phosphoric ester groups is 1. The molecular formula is C44H84NO8P. The first-order chi connectivity index (χ1) is 26.0. The maximum absolute atomic E-state index is 12.7. The Balaban J connectivity index is 4.37. The Morgan fingerprint density at radius 1 is 0.574 bits per heavy atom. The highest BCUT2D eigenvalue weighted by atomic mass is 31.2. The Morgan fingerprint density at radius 3 is 1.44 bits per heavy atom. The zero-order valence-electron chi connectivity index (χ0n) is 35.7. The van der Waals surface area contributed by atoms with Crippen LogP contribution < -0.4 is 4.89 Å². The number of unbranched alkanes of at least 4 members (excludes halogenated alkanes) is 23. The van der Waals surface area contributed by atoms with E-state index in [9.17, 15) is 19.0 Å². The number of esters is 2. The van der Waals surface area contributed by atoms with Crippen molar-refractivity contribution >= 4 is 19.8 Å². The standard InChI is InChI=1S/C44H84NO8P/c1-6-8-10-12-14-16-18-20-22-24-26-28-30-32-34-36-43(46)50-40-42(41-52-54(48,49)51-39-38-45(3,4)5)53-44(47)37-35-33-31-29-27-25-23-21-19-17-15-13-11-9-7-2/h17,19,21,23,42H,6-16,18,20,22,24-41H2,1-5H3/b19-17+,23-21+/t42-/m1/s1. The maximum Gasteiger partial charge on any atom is 0.306 e. The van der Waals surface area contributed by atoms with E-state index in [1.807, 2.05) is 21.1 Å². The zero-order valence-corrected chi connectivity index (χ0v) is 36.6. The molecule has 0 saturated carbocycles. The van der Waals surface area contributed by atoms with E-state index in [-0.39, 0.29) is 32.0 Å². The summed E-state index contributed by atoms with van der Waals surface area (Å²) >= 11 is 0. The summed E-state index contributed by atoms with van der Waals surface area (Å²) in [5.41, 5.74) is 0. The number of ether oxygens (including phenoxy) is 2. The van der Waals surface area contributed by atoms with Gasteiger partial charge in [0.15, 0.2) is 6.10 Å². The van der Waals surface area contributed by atoms with E-state index in [0.29, 0.717) is 17.4 Å². The number of carbonyl (C=O) groups is 2. The Kier molecular flexibility index (Phi) is 36.1. The molecule has 0 saturated heterocycles. The predicted octanol–water partition coefficient (Wildman–Crippen LogP) is 11.7. The van der Waals surface area contributed by atoms with Crippen LogP contribution in [0, 0.1) is 0 Å². The van der Waals surface area contributed by atoms with Crippen molar-refractivity contribution in [1.29, 1.82) is 0 Å². The molecule has 0 rings (SSSR count). The van der Waals surface area contributed by atoms with E-state index >= 15 is 0 Å². The largest absolute Gasteiger partial charge is 0.756 e. The molecule has 0 aliphatic carbocycles. The highest BCUT2D eigenvalue weighted by Crippen LogP contribution is 2.38. The smallest absolute Gasteiger partial charge is 0.306 e. The van der Waals surface area contributed by atoms with Gasteiger partial charge in [0.1, 0.15) is 19.8 Å². The second kappa shape index (κ2) is 37.1. The third-order valence-electron chi connectivity index (χ3n) is 9.50. The summed E-state index contributed by atoms with van der Waals surface area (Å²) in [7, 11) is 1.16. The number of hydrogen-bond donors (Lipinski definition) is 0. The van der Waals surface area contributed by atoms with Gasteiger partial charge in [0.05, 0.1) is 27.7 Å². The van der Waals surface area contributed by atoms with Crippen LogP contribution in [0.15, 0.2) is 24.3 Å². The highest BCUT2D eigenvalue weighted by molar-refractivity contribution is 7.45. The number of nitrogens with zero attached hydrogens (tertiary/aromatic N) is 1. The molecule has 2 atom stereocenters. The minimum Gasteiger partial charge on any atom is -0.756 e. The predicted molar refractivity (Wildman–Crippen MR) is 222 cm³/mol. The van der Waals surface area contributed by atoms with Crippen molar-refractivity contribution in [2.24, 2.45) is 0 Å². The van der Waals surface area contributed by atoms with Gasteiger partial charge < -0.3 is 27.9 Å². The molecule has 0 N–H and O–H groups in total. The van der Waals surface area contributed by atoms with Gasteiger partial charge in [0, 0.05) is 12.8 Å². The summed E-state index contributed by atoms with van der Waals surface area (Å²) in [6, 6.07) is 0. The van der Waals surface area contributed by atoms with Crippen molar-refractivity contribution in [3.63, 3.8) is 0 Å². The van der Waals surface area contributed by atoms with E-state index in [0.717, 1.165) is 57.8 Å². The highest BCUT2D eigenvalue weighted by Gasteiger charge is 2.21. The zero-order chi connectivity index (χ0) is 40.0. The first-order valence-corrected chi connectivity index (χ1v) is 23.5. The van der Waals surface area contributed by atoms with E-state index in [4.69, 9.17) is 18.5 Å². The van der Waals surface area contributed by atoms with Crippen LogP contribution in [0.4, 0.5) is 0 Å². The molecule has 9 nitrogen and oxygen atoms in total. The van der Waals surface area contributed by atoms with E-state index < -0.39 is 26.5 Å². The van der Waals surface area contributed by atoms with E-state index in [1.54, 1.807) is 0 Å². The van der Waals surface area contributed by atoms with Gasteiger partial charge in [-0.2, -0.15) is 0 Å². The number of quaternary nitrogens is 1. The van der Waals surface area contributed by atoms with Crippen LogP contribution in [0.5, 0.6) is 0 Å². The van der Waals surface area contributed by atoms with Crippen molar-refractivity contribution < 1.29 is 42.1 Å². The quantitative estimate of drug-likeness (QED) is 0.0198. The van der Waals surface area contributed by atoms with Crippen LogP contribution in [0.25, 0.3) is 0 Å². The minimum atomic E-state index is -4.62. The lowest BCUT2D eigenvalue weighted by atomic mass is 10.0. The number of likely N-dealkylation sites (N-methyl/N-ethyl adjacent to an activating group) is 1. The summed E-state index contributed by atoms with van der Waals surface area (Å²) < 4.78 is 33.9. The third kappa shape index (κ3) is 40.2. The Bertz CT molecular complexity index is 980. The van der Waals surface area contributed by atoms with Crippen LogP contribution in [0.2, 0.25) is 0 Å². The number of phosphoric acid groups is 1.